The van der Waals surface area contributed by atoms with E-state index in [1.807, 2.05) is 34.0 Å². The summed E-state index contributed by atoms with van der Waals surface area (Å²) < 4.78 is 0. The van der Waals surface area contributed by atoms with Gasteiger partial charge < -0.3 is 19.5 Å². The molecule has 2 aliphatic heterocycles. The van der Waals surface area contributed by atoms with E-state index in [4.69, 9.17) is 9.68 Å². The molecule has 0 radical (unpaired) electrons. The Balaban J connectivity index is 1.99. The lowest BCUT2D eigenvalue weighted by Crippen LogP contribution is -2.64. The minimum atomic E-state index is -0.192. The molecule has 0 aliphatic carbocycles. The standard InChI is InChI=1S/C26H50N4O4/c1-23(2)15-19(16-24(3,4)29(23)33-11)27(9)21(31)13-14-22(32)28(10)20-17-25(5,6)30(34-12)26(7,8)18-20/h19-20H,13-18H2,1-12H3. The third-order valence-electron chi connectivity index (χ3n) is 7.94. The van der Waals surface area contributed by atoms with Crippen LogP contribution in [-0.2, 0) is 19.3 Å². The summed E-state index contributed by atoms with van der Waals surface area (Å²) in [5.41, 5.74) is -0.768. The largest absolute Gasteiger partial charge is 0.343 e. The third-order valence-corrected chi connectivity index (χ3v) is 7.94. The van der Waals surface area contributed by atoms with Crippen molar-refractivity contribution in [3.63, 3.8) is 0 Å². The van der Waals surface area contributed by atoms with Gasteiger partial charge in [0.1, 0.15) is 0 Å². The zero-order chi connectivity index (χ0) is 26.3. The van der Waals surface area contributed by atoms with Crippen LogP contribution in [0.1, 0.15) is 93.9 Å². The van der Waals surface area contributed by atoms with Gasteiger partial charge in [-0.05, 0) is 81.1 Å². The van der Waals surface area contributed by atoms with Gasteiger partial charge in [-0.15, -0.1) is 0 Å². The summed E-state index contributed by atoms with van der Waals surface area (Å²) in [6, 6.07) is 0.216. The highest BCUT2D eigenvalue weighted by Gasteiger charge is 2.49. The van der Waals surface area contributed by atoms with Crippen LogP contribution in [0, 0.1) is 0 Å². The van der Waals surface area contributed by atoms with Crippen molar-refractivity contribution in [3.05, 3.63) is 0 Å². The summed E-state index contributed by atoms with van der Waals surface area (Å²) in [5, 5.41) is 4.09. The lowest BCUT2D eigenvalue weighted by molar-refractivity contribution is -0.271. The second kappa shape index (κ2) is 10.0. The SMILES string of the molecule is CON1C(C)(C)CC(N(C)C(=O)CCC(=O)N(C)C2CC(C)(C)N(OC)C(C)(C)C2)CC1(C)C. The number of piperidine rings is 2. The Morgan fingerprint density at radius 2 is 0.882 bits per heavy atom. The van der Waals surface area contributed by atoms with Gasteiger partial charge in [-0.1, -0.05) is 0 Å². The summed E-state index contributed by atoms with van der Waals surface area (Å²) in [4.78, 5) is 41.3. The average Bonchev–Trinajstić information content (AvgIpc) is 2.67. The van der Waals surface area contributed by atoms with Gasteiger partial charge in [-0.2, -0.15) is 10.1 Å². The maximum atomic E-state index is 13.1. The van der Waals surface area contributed by atoms with E-state index in [-0.39, 0.29) is 58.9 Å². The molecule has 0 atom stereocenters. The van der Waals surface area contributed by atoms with Crippen LogP contribution in [0.4, 0.5) is 0 Å². The van der Waals surface area contributed by atoms with Crippen LogP contribution in [0.2, 0.25) is 0 Å². The van der Waals surface area contributed by atoms with Gasteiger partial charge in [-0.3, -0.25) is 9.59 Å². The highest BCUT2D eigenvalue weighted by Crippen LogP contribution is 2.41. The molecule has 0 aromatic heterocycles. The fourth-order valence-electron chi connectivity index (χ4n) is 6.93. The van der Waals surface area contributed by atoms with Crippen LogP contribution in [0.15, 0.2) is 0 Å². The van der Waals surface area contributed by atoms with Crippen molar-refractivity contribution in [1.82, 2.24) is 19.9 Å². The lowest BCUT2D eigenvalue weighted by Gasteiger charge is -2.55. The summed E-state index contributed by atoms with van der Waals surface area (Å²) >= 11 is 0. The van der Waals surface area contributed by atoms with Gasteiger partial charge in [0, 0.05) is 61.2 Å². The maximum absolute atomic E-state index is 13.1. The molecule has 2 rings (SSSR count). The molecule has 2 aliphatic rings. The highest BCUT2D eigenvalue weighted by atomic mass is 16.7. The van der Waals surface area contributed by atoms with Crippen LogP contribution in [-0.4, -0.2) is 94.3 Å². The molecule has 2 amide bonds. The normalized spacial score (nSPS) is 25.2. The molecule has 0 bridgehead atoms. The predicted octanol–water partition coefficient (Wildman–Crippen LogP) is 3.85. The monoisotopic (exact) mass is 482 g/mol. The first-order valence-electron chi connectivity index (χ1n) is 12.6. The number of hydrogen-bond donors (Lipinski definition) is 0. The molecule has 0 saturated carbocycles. The lowest BCUT2D eigenvalue weighted by atomic mass is 9.78. The Morgan fingerprint density at radius 1 is 0.647 bits per heavy atom. The van der Waals surface area contributed by atoms with Crippen LogP contribution < -0.4 is 0 Å². The number of hydroxylamine groups is 4. The molecule has 0 aromatic carbocycles. The van der Waals surface area contributed by atoms with Crippen molar-refractivity contribution < 1.29 is 19.3 Å². The second-order valence-corrected chi connectivity index (χ2v) is 12.8. The molecule has 2 fully saturated rings. The fourth-order valence-corrected chi connectivity index (χ4v) is 6.93. The molecular formula is C26H50N4O4. The van der Waals surface area contributed by atoms with E-state index in [0.717, 1.165) is 25.7 Å². The molecule has 0 unspecified atom stereocenters. The minimum absolute atomic E-state index is 0.0269. The topological polar surface area (TPSA) is 65.6 Å². The van der Waals surface area contributed by atoms with Gasteiger partial charge in [0.15, 0.2) is 0 Å². The first-order chi connectivity index (χ1) is 15.4. The molecule has 0 N–H and O–H groups in total. The van der Waals surface area contributed by atoms with Crippen molar-refractivity contribution in [2.75, 3.05) is 28.3 Å². The molecule has 198 valence electrons. The van der Waals surface area contributed by atoms with Crippen molar-refractivity contribution in [3.8, 4) is 0 Å². The maximum Gasteiger partial charge on any atom is 0.223 e. The molecule has 0 aromatic rings. The zero-order valence-corrected chi connectivity index (χ0v) is 23.8. The summed E-state index contributed by atoms with van der Waals surface area (Å²) in [6.45, 7) is 17.2. The Hall–Kier alpha value is -1.22. The summed E-state index contributed by atoms with van der Waals surface area (Å²) in [6.07, 6.45) is 3.75. The Bertz CT molecular complexity index is 651. The summed E-state index contributed by atoms with van der Waals surface area (Å²) in [5.74, 6) is 0.0538. The molecule has 2 saturated heterocycles. The molecular weight excluding hydrogens is 432 g/mol. The quantitative estimate of drug-likeness (QED) is 0.549. The van der Waals surface area contributed by atoms with E-state index in [0.29, 0.717) is 0 Å². The summed E-state index contributed by atoms with van der Waals surface area (Å²) in [7, 11) is 7.17. The fraction of sp³-hybridized carbons (Fsp3) is 0.923. The van der Waals surface area contributed by atoms with Crippen LogP contribution in [0.5, 0.6) is 0 Å². The van der Waals surface area contributed by atoms with E-state index < -0.39 is 0 Å². The Labute approximate surface area is 207 Å². The van der Waals surface area contributed by atoms with E-state index in [1.165, 1.54) is 0 Å². The second-order valence-electron chi connectivity index (χ2n) is 12.8. The predicted molar refractivity (Wildman–Crippen MR) is 135 cm³/mol. The smallest absolute Gasteiger partial charge is 0.223 e. The molecule has 34 heavy (non-hydrogen) atoms. The number of hydrogen-bond acceptors (Lipinski definition) is 6. The van der Waals surface area contributed by atoms with Gasteiger partial charge in [0.05, 0.1) is 14.2 Å². The molecule has 0 spiro atoms. The van der Waals surface area contributed by atoms with E-state index in [1.54, 1.807) is 14.2 Å². The first-order valence-corrected chi connectivity index (χ1v) is 12.6. The van der Waals surface area contributed by atoms with Crippen molar-refractivity contribution in [2.24, 2.45) is 0 Å². The minimum Gasteiger partial charge on any atom is -0.343 e. The molecule has 2 heterocycles. The highest BCUT2D eigenvalue weighted by molar-refractivity contribution is 5.84. The van der Waals surface area contributed by atoms with E-state index >= 15 is 0 Å². The van der Waals surface area contributed by atoms with Gasteiger partial charge in [0.25, 0.3) is 0 Å². The van der Waals surface area contributed by atoms with Crippen molar-refractivity contribution in [1.29, 1.82) is 0 Å². The molecule has 8 nitrogen and oxygen atoms in total. The number of nitrogens with zero attached hydrogens (tertiary/aromatic N) is 4. The van der Waals surface area contributed by atoms with E-state index in [2.05, 4.69) is 55.4 Å². The Morgan fingerprint density at radius 3 is 1.09 bits per heavy atom. The van der Waals surface area contributed by atoms with Gasteiger partial charge in [0.2, 0.25) is 11.8 Å². The van der Waals surface area contributed by atoms with Crippen LogP contribution in [0.25, 0.3) is 0 Å². The van der Waals surface area contributed by atoms with E-state index in [9.17, 15) is 9.59 Å². The van der Waals surface area contributed by atoms with Crippen molar-refractivity contribution >= 4 is 11.8 Å². The zero-order valence-electron chi connectivity index (χ0n) is 23.8. The number of carbonyl (C=O) groups is 2. The number of carbonyl (C=O) groups excluding carboxylic acids is 2. The average molecular weight is 483 g/mol. The number of rotatable bonds is 7. The first kappa shape index (κ1) is 29.0. The van der Waals surface area contributed by atoms with Gasteiger partial charge >= 0.3 is 0 Å². The molecule has 8 heteroatoms. The number of amides is 2. The van der Waals surface area contributed by atoms with Crippen LogP contribution >= 0.6 is 0 Å². The third kappa shape index (κ3) is 5.94. The van der Waals surface area contributed by atoms with Crippen molar-refractivity contribution in [2.45, 2.75) is 128 Å². The Kier molecular flexibility index (Phi) is 8.56. The van der Waals surface area contributed by atoms with Crippen LogP contribution in [0.3, 0.4) is 0 Å². The van der Waals surface area contributed by atoms with Gasteiger partial charge in [-0.25, -0.2) is 0 Å².